The van der Waals surface area contributed by atoms with Gasteiger partial charge in [0.1, 0.15) is 0 Å². The fraction of sp³-hybridized carbons (Fsp3) is 0.125. The van der Waals surface area contributed by atoms with Crippen LogP contribution in [0.3, 0.4) is 0 Å². The van der Waals surface area contributed by atoms with E-state index in [1.54, 1.807) is 24.3 Å². The van der Waals surface area contributed by atoms with Crippen molar-refractivity contribution >= 4 is 11.9 Å². The van der Waals surface area contributed by atoms with Crippen LogP contribution in [0, 0.1) is 20.9 Å². The monoisotopic (exact) mass is 268 g/mol. The highest BCUT2D eigenvalue weighted by atomic mass is 16.5. The van der Waals surface area contributed by atoms with Crippen LogP contribution in [0.1, 0.15) is 20.7 Å². The Bertz CT molecular complexity index is 837. The minimum absolute atomic E-state index is 0.410. The van der Waals surface area contributed by atoms with Crippen LogP contribution in [-0.2, 0) is 9.47 Å². The third-order valence-electron chi connectivity index (χ3n) is 3.48. The summed E-state index contributed by atoms with van der Waals surface area (Å²) in [5.41, 5.74) is 0.933. The Kier molecular flexibility index (Phi) is 2.79. The standard InChI is InChI=1S/C16H12O4/c1-19-15(17)11-7-3-5-9-10-6-4-8-12(16(18)20-2)14(10)13(9)11/h3-8H,1-2H3. The van der Waals surface area contributed by atoms with Gasteiger partial charge in [0, 0.05) is 10.4 Å². The average molecular weight is 268 g/mol. The quantitative estimate of drug-likeness (QED) is 0.668. The molecule has 0 fully saturated rings. The number of carbonyl (C=O) groups is 2. The van der Waals surface area contributed by atoms with Crippen LogP contribution < -0.4 is 0 Å². The SMILES string of the molecule is COC(=O)c1cccc2c1=c1c(C(=O)OC)cccc1=2. The summed E-state index contributed by atoms with van der Waals surface area (Å²) in [4.78, 5) is 23.7. The van der Waals surface area contributed by atoms with Crippen molar-refractivity contribution in [3.8, 4) is 0 Å². The Hall–Kier alpha value is -2.62. The molecule has 0 saturated heterocycles. The Labute approximate surface area is 114 Å². The largest absolute Gasteiger partial charge is 0.465 e. The van der Waals surface area contributed by atoms with Crippen molar-refractivity contribution < 1.29 is 19.1 Å². The van der Waals surface area contributed by atoms with Crippen molar-refractivity contribution in [2.45, 2.75) is 0 Å². The van der Waals surface area contributed by atoms with E-state index in [4.69, 9.17) is 9.47 Å². The van der Waals surface area contributed by atoms with E-state index < -0.39 is 11.9 Å². The van der Waals surface area contributed by atoms with Gasteiger partial charge in [-0.2, -0.15) is 0 Å². The highest BCUT2D eigenvalue weighted by molar-refractivity contribution is 5.92. The summed E-state index contributed by atoms with van der Waals surface area (Å²) in [7, 11) is 2.68. The number of esters is 2. The topological polar surface area (TPSA) is 52.6 Å². The second-order valence-corrected chi connectivity index (χ2v) is 4.44. The minimum Gasteiger partial charge on any atom is -0.465 e. The van der Waals surface area contributed by atoms with Gasteiger partial charge in [-0.1, -0.05) is 24.3 Å². The van der Waals surface area contributed by atoms with Crippen LogP contribution in [0.25, 0.3) is 0 Å². The zero-order valence-electron chi connectivity index (χ0n) is 11.1. The zero-order chi connectivity index (χ0) is 14.3. The highest BCUT2D eigenvalue weighted by Gasteiger charge is 2.18. The van der Waals surface area contributed by atoms with Crippen LogP contribution in [0.4, 0.5) is 0 Å². The lowest BCUT2D eigenvalue weighted by Crippen LogP contribution is -2.10. The molecule has 0 amide bonds. The molecule has 4 nitrogen and oxygen atoms in total. The fourth-order valence-electron chi connectivity index (χ4n) is 2.59. The van der Waals surface area contributed by atoms with Crippen molar-refractivity contribution in [1.82, 2.24) is 0 Å². The average Bonchev–Trinajstić information content (AvgIpc) is 2.49. The van der Waals surface area contributed by atoms with Crippen molar-refractivity contribution in [2.75, 3.05) is 14.2 Å². The van der Waals surface area contributed by atoms with Crippen LogP contribution in [0.15, 0.2) is 36.4 Å². The van der Waals surface area contributed by atoms with Crippen LogP contribution >= 0.6 is 0 Å². The van der Waals surface area contributed by atoms with Gasteiger partial charge in [0.25, 0.3) is 0 Å². The molecule has 0 aromatic heterocycles. The van der Waals surface area contributed by atoms with Gasteiger partial charge in [-0.15, -0.1) is 0 Å². The molecule has 0 radical (unpaired) electrons. The molecule has 0 saturated carbocycles. The fourth-order valence-corrected chi connectivity index (χ4v) is 2.59. The van der Waals surface area contributed by atoms with E-state index in [1.807, 2.05) is 12.1 Å². The van der Waals surface area contributed by atoms with E-state index in [9.17, 15) is 9.59 Å². The van der Waals surface area contributed by atoms with Crippen LogP contribution in [0.2, 0.25) is 0 Å². The first-order valence-corrected chi connectivity index (χ1v) is 6.12. The summed E-state index contributed by atoms with van der Waals surface area (Å²) < 4.78 is 9.59. The molecule has 4 heteroatoms. The molecule has 100 valence electrons. The molecule has 0 unspecified atom stereocenters. The van der Waals surface area contributed by atoms with Crippen molar-refractivity contribution in [3.63, 3.8) is 0 Å². The van der Waals surface area contributed by atoms with E-state index in [-0.39, 0.29) is 0 Å². The van der Waals surface area contributed by atoms with E-state index in [1.165, 1.54) is 14.2 Å². The van der Waals surface area contributed by atoms with Crippen molar-refractivity contribution in [1.29, 1.82) is 0 Å². The molecule has 0 spiro atoms. The van der Waals surface area contributed by atoms with E-state index in [0.717, 1.165) is 20.9 Å². The van der Waals surface area contributed by atoms with E-state index >= 15 is 0 Å². The number of hydrogen-bond donors (Lipinski definition) is 0. The highest BCUT2D eigenvalue weighted by Crippen LogP contribution is 2.20. The number of ether oxygens (including phenoxy) is 2. The molecule has 3 rings (SSSR count). The number of benzene rings is 2. The number of methoxy groups -OCH3 is 2. The molecule has 2 aromatic rings. The number of fused-ring (bicyclic) bond motifs is 2. The van der Waals surface area contributed by atoms with Gasteiger partial charge < -0.3 is 9.47 Å². The number of hydrogen-bond acceptors (Lipinski definition) is 4. The molecule has 0 N–H and O–H groups in total. The zero-order valence-corrected chi connectivity index (χ0v) is 11.1. The normalized spacial score (nSPS) is 10.9. The van der Waals surface area contributed by atoms with Gasteiger partial charge in [-0.3, -0.25) is 0 Å². The molecule has 2 aromatic carbocycles. The first-order valence-electron chi connectivity index (χ1n) is 6.12. The maximum atomic E-state index is 11.8. The van der Waals surface area contributed by atoms with Crippen molar-refractivity contribution in [3.05, 3.63) is 68.4 Å². The molecule has 1 aliphatic carbocycles. The lowest BCUT2D eigenvalue weighted by Gasteiger charge is -2.11. The lowest BCUT2D eigenvalue weighted by molar-refractivity contribution is 0.0587. The van der Waals surface area contributed by atoms with Gasteiger partial charge in [-0.25, -0.2) is 9.59 Å². The molecule has 0 bridgehead atoms. The van der Waals surface area contributed by atoms with Gasteiger partial charge in [-0.05, 0) is 22.6 Å². The molecule has 0 atom stereocenters. The molecule has 0 heterocycles. The third kappa shape index (κ3) is 1.54. The Morgan fingerprint density at radius 3 is 1.50 bits per heavy atom. The summed E-state index contributed by atoms with van der Waals surface area (Å²) >= 11 is 0. The minimum atomic E-state index is -0.410. The van der Waals surface area contributed by atoms with E-state index in [2.05, 4.69) is 0 Å². The molecular formula is C16H12O4. The van der Waals surface area contributed by atoms with Crippen LogP contribution in [-0.4, -0.2) is 26.2 Å². The summed E-state index contributed by atoms with van der Waals surface area (Å²) in [6.07, 6.45) is 0. The first kappa shape index (κ1) is 12.4. The van der Waals surface area contributed by atoms with Crippen molar-refractivity contribution in [2.24, 2.45) is 0 Å². The predicted octanol–water partition coefficient (Wildman–Crippen LogP) is 2.15. The smallest absolute Gasteiger partial charge is 0.338 e. The second kappa shape index (κ2) is 4.49. The summed E-state index contributed by atoms with van der Waals surface area (Å²) in [6, 6.07) is 10.8. The van der Waals surface area contributed by atoms with Gasteiger partial charge in [0.15, 0.2) is 0 Å². The molecule has 20 heavy (non-hydrogen) atoms. The summed E-state index contributed by atoms with van der Waals surface area (Å²) in [6.45, 7) is 0. The molecule has 0 aliphatic heterocycles. The molecule has 1 aliphatic rings. The van der Waals surface area contributed by atoms with Crippen LogP contribution in [0.5, 0.6) is 0 Å². The Morgan fingerprint density at radius 2 is 1.15 bits per heavy atom. The maximum absolute atomic E-state index is 11.8. The van der Waals surface area contributed by atoms with Gasteiger partial charge >= 0.3 is 11.9 Å². The maximum Gasteiger partial charge on any atom is 0.338 e. The summed E-state index contributed by atoms with van der Waals surface area (Å²) in [5.74, 6) is -0.820. The van der Waals surface area contributed by atoms with E-state index in [0.29, 0.717) is 11.1 Å². The predicted molar refractivity (Wildman–Crippen MR) is 70.9 cm³/mol. The Balaban J connectivity index is 2.46. The molecular weight excluding hydrogens is 256 g/mol. The Morgan fingerprint density at radius 1 is 0.750 bits per heavy atom. The number of carbonyl (C=O) groups excluding carboxylic acids is 2. The van der Waals surface area contributed by atoms with Gasteiger partial charge in [0.05, 0.1) is 25.3 Å². The third-order valence-corrected chi connectivity index (χ3v) is 3.48. The lowest BCUT2D eigenvalue weighted by atomic mass is 9.94. The first-order chi connectivity index (χ1) is 9.69. The second-order valence-electron chi connectivity index (χ2n) is 4.44. The van der Waals surface area contributed by atoms with Gasteiger partial charge in [0.2, 0.25) is 0 Å². The summed E-state index contributed by atoms with van der Waals surface area (Å²) in [5, 5.41) is 3.42. The number of rotatable bonds is 2.